The summed E-state index contributed by atoms with van der Waals surface area (Å²) in [6.45, 7) is 14.0. The van der Waals surface area contributed by atoms with Crippen LogP contribution in [-0.4, -0.2) is 63.2 Å². The average molecular weight is 1560 g/mol. The van der Waals surface area contributed by atoms with Gasteiger partial charge in [-0.15, -0.1) is 0 Å². The van der Waals surface area contributed by atoms with Gasteiger partial charge in [-0.25, -0.2) is 29.0 Å². The van der Waals surface area contributed by atoms with E-state index in [0.29, 0.717) is 45.6 Å². The van der Waals surface area contributed by atoms with Gasteiger partial charge in [0.25, 0.3) is 0 Å². The Hall–Kier alpha value is -14.4. The van der Waals surface area contributed by atoms with E-state index in [1.54, 1.807) is 124 Å². The molecule has 0 unspecified atom stereocenters. The van der Waals surface area contributed by atoms with Crippen molar-refractivity contribution in [3.63, 3.8) is 0 Å². The second-order valence-corrected chi connectivity index (χ2v) is 25.9. The van der Waals surface area contributed by atoms with Crippen LogP contribution in [0.25, 0.3) is 39.7 Å². The normalized spacial score (nSPS) is 10.8. The SMILES string of the molecule is Cc1cc(C)cc(Oc2ccc(C#N)cc2)c1.Cc1cc(C)cc(Oc2ccc(C(F)(F)F)cc2)c1.Cc1cc(C)cc(Oc2ccccn2)c1.Cc1ccc(-c2cc(C(F)(F)F)nn2-c2ccccc2)cc1.Cn1cc(-n2cccn2)cn1.FC(F)(F)c1ccc(-n2ccnc2)cc1.c1cnn(-c2ccc(-n3ccnc3)cc2)c1. The number of aryl methyl sites for hydroxylation is 8. The second-order valence-electron chi connectivity index (χ2n) is 25.9. The number of ether oxygens (including phenoxy) is 3. The Morgan fingerprint density at radius 2 is 0.809 bits per heavy atom. The molecule has 7 heterocycles. The first kappa shape index (κ1) is 83.1. The molecule has 16 rings (SSSR count). The van der Waals surface area contributed by atoms with Gasteiger partial charge >= 0.3 is 18.5 Å². The Morgan fingerprint density at radius 1 is 0.365 bits per heavy atom. The molecule has 26 heteroatoms. The van der Waals surface area contributed by atoms with Crippen LogP contribution in [0.15, 0.2) is 323 Å². The van der Waals surface area contributed by atoms with Crippen molar-refractivity contribution in [1.29, 1.82) is 5.26 Å². The number of hydrogen-bond acceptors (Lipinski definition) is 11. The zero-order valence-corrected chi connectivity index (χ0v) is 63.5. The highest BCUT2D eigenvalue weighted by atomic mass is 19.4. The number of imidazole rings is 2. The highest BCUT2D eigenvalue weighted by molar-refractivity contribution is 5.63. The molecule has 16 aromatic rings. The Morgan fingerprint density at radius 3 is 1.22 bits per heavy atom. The zero-order chi connectivity index (χ0) is 82.1. The van der Waals surface area contributed by atoms with Crippen LogP contribution in [0.4, 0.5) is 39.5 Å². The summed E-state index contributed by atoms with van der Waals surface area (Å²) in [5.74, 6) is 4.05. The molecule has 584 valence electrons. The van der Waals surface area contributed by atoms with Gasteiger partial charge in [-0.1, -0.05) is 72.3 Å². The maximum Gasteiger partial charge on any atom is 0.435 e. The van der Waals surface area contributed by atoms with Crippen LogP contribution >= 0.6 is 0 Å². The number of rotatable bonds is 12. The molecule has 0 N–H and O–H groups in total. The number of para-hydroxylation sites is 1. The Balaban J connectivity index is 0.000000143. The van der Waals surface area contributed by atoms with Crippen LogP contribution < -0.4 is 14.2 Å². The average Bonchev–Trinajstić information content (AvgIpc) is 1.64. The van der Waals surface area contributed by atoms with Crippen LogP contribution in [-0.2, 0) is 25.6 Å². The van der Waals surface area contributed by atoms with E-state index < -0.39 is 35.3 Å². The van der Waals surface area contributed by atoms with Gasteiger partial charge in [0, 0.05) is 85.8 Å². The summed E-state index contributed by atoms with van der Waals surface area (Å²) in [6.07, 6.45) is 9.87. The molecular formula is C89H77F9N14O3. The third-order valence-corrected chi connectivity index (χ3v) is 16.3. The lowest BCUT2D eigenvalue weighted by Gasteiger charge is -2.10. The fraction of sp³-hybridized carbons (Fsp3) is 0.124. The monoisotopic (exact) mass is 1560 g/mol. The van der Waals surface area contributed by atoms with Crippen LogP contribution in [0, 0.1) is 59.8 Å². The summed E-state index contributed by atoms with van der Waals surface area (Å²) in [6, 6.07) is 71.4. The highest BCUT2D eigenvalue weighted by Crippen LogP contribution is 2.36. The lowest BCUT2D eigenvalue weighted by atomic mass is 10.1. The number of nitrogens with zero attached hydrogens (tertiary/aromatic N) is 14. The standard InChI is InChI=1S/C17H13F3N2.C15H13F3O.C15H13NO.C13H13NO.C12H10N4.C10H7F3N2.C7H8N4/c1-12-7-9-13(10-8-12)15-11-16(17(18,19)20)21-22(15)14-5-3-2-4-6-14;1-10-7-11(2)9-14(8-10)19-13-5-3-12(4-6-13)15(16,17)18;1-11-7-12(2)9-15(8-11)17-14-5-3-13(10-16)4-6-14;1-10-7-11(2)9-12(8-10)15-13-5-3-4-6-14-13;1-6-14-16(8-1)12-4-2-11(3-5-12)15-9-7-13-10-15;11-10(12,13)8-1-3-9(4-2-8)15-6-5-14-7-15;1-10-6-7(5-9-10)11-4-2-3-8-11/h2-11H,1H3;3-9H,1-2H3;3-9H,1-2H3;3-9H,1-2H3;1-10H;1-7H;2-6H,1H3. The minimum atomic E-state index is -4.47. The Labute approximate surface area is 658 Å². The van der Waals surface area contributed by atoms with Crippen LogP contribution in [0.2, 0.25) is 0 Å². The van der Waals surface area contributed by atoms with Gasteiger partial charge in [0.1, 0.15) is 34.4 Å². The smallest absolute Gasteiger partial charge is 0.435 e. The van der Waals surface area contributed by atoms with Crippen molar-refractivity contribution in [1.82, 2.24) is 63.2 Å². The maximum atomic E-state index is 13.0. The minimum Gasteiger partial charge on any atom is -0.457 e. The van der Waals surface area contributed by atoms with Crippen molar-refractivity contribution in [2.45, 2.75) is 67.0 Å². The lowest BCUT2D eigenvalue weighted by Crippen LogP contribution is -2.07. The largest absolute Gasteiger partial charge is 0.457 e. The van der Waals surface area contributed by atoms with Crippen molar-refractivity contribution >= 4 is 0 Å². The predicted octanol–water partition coefficient (Wildman–Crippen LogP) is 23.0. The van der Waals surface area contributed by atoms with E-state index in [1.807, 2.05) is 191 Å². The van der Waals surface area contributed by atoms with E-state index in [2.05, 4.69) is 67.4 Å². The minimum absolute atomic E-state index is 0.387. The zero-order valence-electron chi connectivity index (χ0n) is 63.5. The highest BCUT2D eigenvalue weighted by Gasteiger charge is 2.36. The van der Waals surface area contributed by atoms with Crippen molar-refractivity contribution in [2.75, 3.05) is 0 Å². The number of halogens is 9. The topological polar surface area (TPSA) is 171 Å². The molecule has 0 fully saturated rings. The van der Waals surface area contributed by atoms with E-state index >= 15 is 0 Å². The summed E-state index contributed by atoms with van der Waals surface area (Å²) in [5.41, 5.74) is 11.8. The second kappa shape index (κ2) is 39.0. The maximum absolute atomic E-state index is 13.0. The predicted molar refractivity (Wildman–Crippen MR) is 423 cm³/mol. The fourth-order valence-electron chi connectivity index (χ4n) is 11.1. The molecule has 0 amide bonds. The molecule has 0 aliphatic heterocycles. The van der Waals surface area contributed by atoms with E-state index in [0.717, 1.165) is 81.3 Å². The summed E-state index contributed by atoms with van der Waals surface area (Å²) in [5, 5.41) is 24.7. The van der Waals surface area contributed by atoms with Crippen molar-refractivity contribution < 1.29 is 53.7 Å². The van der Waals surface area contributed by atoms with E-state index in [1.165, 1.54) is 57.5 Å². The van der Waals surface area contributed by atoms with Gasteiger partial charge < -0.3 is 23.3 Å². The quantitative estimate of drug-likeness (QED) is 0.107. The number of aromatic nitrogens is 13. The van der Waals surface area contributed by atoms with E-state index in [-0.39, 0.29) is 0 Å². The van der Waals surface area contributed by atoms with Gasteiger partial charge in [0.05, 0.1) is 64.9 Å². The van der Waals surface area contributed by atoms with Gasteiger partial charge in [-0.2, -0.15) is 65.2 Å². The molecule has 9 aromatic carbocycles. The molecule has 7 aromatic heterocycles. The number of hydrogen-bond donors (Lipinski definition) is 0. The Bertz CT molecular complexity index is 5540. The van der Waals surface area contributed by atoms with Crippen molar-refractivity contribution in [3.8, 4) is 80.4 Å². The fourth-order valence-corrected chi connectivity index (χ4v) is 11.1. The number of pyridine rings is 1. The first-order valence-electron chi connectivity index (χ1n) is 35.5. The number of nitriles is 1. The molecule has 17 nitrogen and oxygen atoms in total. The van der Waals surface area contributed by atoms with Gasteiger partial charge in [0.2, 0.25) is 5.88 Å². The summed E-state index contributed by atoms with van der Waals surface area (Å²) < 4.78 is 140. The summed E-state index contributed by atoms with van der Waals surface area (Å²) in [7, 11) is 1.88. The van der Waals surface area contributed by atoms with E-state index in [9.17, 15) is 39.5 Å². The third-order valence-electron chi connectivity index (χ3n) is 16.3. The first-order valence-corrected chi connectivity index (χ1v) is 35.5. The molecule has 0 spiro atoms. The summed E-state index contributed by atoms with van der Waals surface area (Å²) >= 11 is 0. The molecule has 0 aliphatic rings. The van der Waals surface area contributed by atoms with Gasteiger partial charge in [0.15, 0.2) is 5.69 Å². The molecule has 0 bridgehead atoms. The van der Waals surface area contributed by atoms with E-state index in [4.69, 9.17) is 19.5 Å². The first-order chi connectivity index (χ1) is 55.1. The molecular weight excluding hydrogens is 1480 g/mol. The third kappa shape index (κ3) is 25.6. The molecule has 0 atom stereocenters. The molecule has 115 heavy (non-hydrogen) atoms. The van der Waals surface area contributed by atoms with Crippen LogP contribution in [0.5, 0.6) is 34.6 Å². The Kier molecular flexibility index (Phi) is 28.2. The molecule has 0 aliphatic carbocycles. The molecule has 0 radical (unpaired) electrons. The van der Waals surface area contributed by atoms with Gasteiger partial charge in [-0.05, 0) is 252 Å². The molecule has 0 saturated carbocycles. The molecule has 0 saturated heterocycles. The summed E-state index contributed by atoms with van der Waals surface area (Å²) in [4.78, 5) is 11.9. The number of benzene rings is 9. The van der Waals surface area contributed by atoms with Crippen molar-refractivity contribution in [3.05, 3.63) is 385 Å². The van der Waals surface area contributed by atoms with Crippen LogP contribution in [0.1, 0.15) is 61.3 Å². The number of alkyl halides is 9. The van der Waals surface area contributed by atoms with Crippen LogP contribution in [0.3, 0.4) is 0 Å². The van der Waals surface area contributed by atoms with Crippen molar-refractivity contribution in [2.24, 2.45) is 7.05 Å². The van der Waals surface area contributed by atoms with Gasteiger partial charge in [-0.3, -0.25) is 4.68 Å². The lowest BCUT2D eigenvalue weighted by molar-refractivity contribution is -0.141.